The summed E-state index contributed by atoms with van der Waals surface area (Å²) in [6.07, 6.45) is 0. The van der Waals surface area contributed by atoms with Gasteiger partial charge in [0.25, 0.3) is 5.91 Å². The zero-order valence-corrected chi connectivity index (χ0v) is 12.9. The number of carboxylic acid groups (broad SMARTS) is 1. The van der Waals surface area contributed by atoms with Crippen molar-refractivity contribution in [3.8, 4) is 0 Å². The van der Waals surface area contributed by atoms with E-state index in [2.05, 4.69) is 25.9 Å². The van der Waals surface area contributed by atoms with Gasteiger partial charge in [-0.2, -0.15) is 0 Å². The van der Waals surface area contributed by atoms with Crippen molar-refractivity contribution in [2.24, 2.45) is 4.99 Å². The second-order valence-electron chi connectivity index (χ2n) is 4.80. The van der Waals surface area contributed by atoms with E-state index in [0.717, 1.165) is 0 Å². The van der Waals surface area contributed by atoms with Gasteiger partial charge in [0.1, 0.15) is 5.69 Å². The number of benzene rings is 1. The lowest BCUT2D eigenvalue weighted by atomic mass is 10.1. The Morgan fingerprint density at radius 1 is 1.22 bits per heavy atom. The molecular formula is C15H19N5O3. The highest BCUT2D eigenvalue weighted by atomic mass is 16.4. The second-order valence-corrected chi connectivity index (χ2v) is 4.80. The summed E-state index contributed by atoms with van der Waals surface area (Å²) < 4.78 is 0. The molecule has 1 amide bonds. The van der Waals surface area contributed by atoms with Gasteiger partial charge in [-0.05, 0) is 24.3 Å². The molecule has 0 aliphatic carbocycles. The van der Waals surface area contributed by atoms with Gasteiger partial charge in [0.2, 0.25) is 0 Å². The summed E-state index contributed by atoms with van der Waals surface area (Å²) in [4.78, 5) is 30.0. The first kappa shape index (κ1) is 16.3. The summed E-state index contributed by atoms with van der Waals surface area (Å²) in [6.45, 7) is 0.956. The number of hydrogen-bond acceptors (Lipinski definition) is 3. The number of H-pyrrole nitrogens is 1. The number of carbonyl (C=O) groups is 2. The Morgan fingerprint density at radius 2 is 1.96 bits per heavy atom. The molecule has 5 N–H and O–H groups in total. The Bertz CT molecular complexity index is 751. The Balaban J connectivity index is 1.97. The number of aliphatic imine (C=N–C) groups is 1. The van der Waals surface area contributed by atoms with Crippen LogP contribution in [0.15, 0.2) is 29.3 Å². The van der Waals surface area contributed by atoms with Crippen molar-refractivity contribution in [2.75, 3.05) is 27.2 Å². The van der Waals surface area contributed by atoms with E-state index in [0.29, 0.717) is 35.6 Å². The molecule has 8 heteroatoms. The van der Waals surface area contributed by atoms with Crippen LogP contribution in [0.25, 0.3) is 10.9 Å². The summed E-state index contributed by atoms with van der Waals surface area (Å²) in [5, 5.41) is 18.3. The van der Waals surface area contributed by atoms with Crippen molar-refractivity contribution in [1.82, 2.24) is 20.9 Å². The third-order valence-electron chi connectivity index (χ3n) is 3.28. The number of carbonyl (C=O) groups excluding carboxylic acids is 1. The molecule has 0 saturated carbocycles. The van der Waals surface area contributed by atoms with Gasteiger partial charge < -0.3 is 26.0 Å². The van der Waals surface area contributed by atoms with Crippen LogP contribution in [0.1, 0.15) is 20.8 Å². The average molecular weight is 317 g/mol. The molecule has 2 aromatic rings. The van der Waals surface area contributed by atoms with E-state index in [1.807, 2.05) is 0 Å². The highest BCUT2D eigenvalue weighted by Gasteiger charge is 2.11. The first-order valence-electron chi connectivity index (χ1n) is 7.08. The van der Waals surface area contributed by atoms with Crippen molar-refractivity contribution in [2.45, 2.75) is 0 Å². The number of aromatic amines is 1. The number of aromatic nitrogens is 1. The molecule has 1 aromatic carbocycles. The lowest BCUT2D eigenvalue weighted by Gasteiger charge is -2.08. The van der Waals surface area contributed by atoms with Crippen molar-refractivity contribution in [1.29, 1.82) is 0 Å². The van der Waals surface area contributed by atoms with Crippen molar-refractivity contribution >= 4 is 28.7 Å². The maximum atomic E-state index is 12.1. The first-order chi connectivity index (χ1) is 11.0. The van der Waals surface area contributed by atoms with Crippen LogP contribution in [-0.4, -0.2) is 55.1 Å². The third-order valence-corrected chi connectivity index (χ3v) is 3.28. The molecule has 0 fully saturated rings. The van der Waals surface area contributed by atoms with Crippen molar-refractivity contribution in [3.63, 3.8) is 0 Å². The SMILES string of the molecule is CN=C(NC)NCCNC(=O)c1cc2cc(C(=O)O)ccc2[nH]1. The Hall–Kier alpha value is -3.03. The van der Waals surface area contributed by atoms with Crippen LogP contribution in [0.4, 0.5) is 0 Å². The smallest absolute Gasteiger partial charge is 0.335 e. The largest absolute Gasteiger partial charge is 0.478 e. The molecule has 0 saturated heterocycles. The molecule has 122 valence electrons. The molecule has 23 heavy (non-hydrogen) atoms. The van der Waals surface area contributed by atoms with Gasteiger partial charge in [0, 0.05) is 38.1 Å². The van der Waals surface area contributed by atoms with Crippen LogP contribution in [0, 0.1) is 0 Å². The number of hydrogen-bond donors (Lipinski definition) is 5. The zero-order chi connectivity index (χ0) is 16.8. The highest BCUT2D eigenvalue weighted by Crippen LogP contribution is 2.17. The number of fused-ring (bicyclic) bond motifs is 1. The quantitative estimate of drug-likeness (QED) is 0.310. The fourth-order valence-corrected chi connectivity index (χ4v) is 2.12. The number of aromatic carboxylic acids is 1. The molecule has 0 unspecified atom stereocenters. The number of carboxylic acids is 1. The van der Waals surface area contributed by atoms with E-state index in [-0.39, 0.29) is 11.5 Å². The Kier molecular flexibility index (Phi) is 5.19. The summed E-state index contributed by atoms with van der Waals surface area (Å²) in [6, 6.07) is 6.31. The predicted molar refractivity (Wildman–Crippen MR) is 88.0 cm³/mol. The second kappa shape index (κ2) is 7.30. The van der Waals surface area contributed by atoms with E-state index in [1.54, 1.807) is 26.2 Å². The minimum atomic E-state index is -0.997. The number of guanidine groups is 1. The van der Waals surface area contributed by atoms with E-state index in [1.165, 1.54) is 12.1 Å². The molecule has 0 radical (unpaired) electrons. The average Bonchev–Trinajstić information content (AvgIpc) is 2.98. The monoisotopic (exact) mass is 317 g/mol. The normalized spacial score (nSPS) is 11.3. The molecule has 0 aliphatic heterocycles. The molecule has 0 spiro atoms. The van der Waals surface area contributed by atoms with Crippen LogP contribution in [0.2, 0.25) is 0 Å². The number of nitrogens with zero attached hydrogens (tertiary/aromatic N) is 1. The lowest BCUT2D eigenvalue weighted by molar-refractivity contribution is 0.0696. The molecule has 1 aromatic heterocycles. The Labute approximate surface area is 133 Å². The molecular weight excluding hydrogens is 298 g/mol. The maximum Gasteiger partial charge on any atom is 0.335 e. The van der Waals surface area contributed by atoms with Crippen LogP contribution in [0.5, 0.6) is 0 Å². The van der Waals surface area contributed by atoms with Gasteiger partial charge in [-0.1, -0.05) is 0 Å². The fraction of sp³-hybridized carbons (Fsp3) is 0.267. The van der Waals surface area contributed by atoms with Gasteiger partial charge >= 0.3 is 5.97 Å². The minimum absolute atomic E-state index is 0.186. The predicted octanol–water partition coefficient (Wildman–Crippen LogP) is 0.391. The van der Waals surface area contributed by atoms with Gasteiger partial charge in [0.15, 0.2) is 5.96 Å². The van der Waals surface area contributed by atoms with Gasteiger partial charge in [-0.15, -0.1) is 0 Å². The van der Waals surface area contributed by atoms with Gasteiger partial charge in [-0.25, -0.2) is 4.79 Å². The summed E-state index contributed by atoms with van der Waals surface area (Å²) in [7, 11) is 3.41. The van der Waals surface area contributed by atoms with Gasteiger partial charge in [-0.3, -0.25) is 9.79 Å². The molecule has 0 bridgehead atoms. The van der Waals surface area contributed by atoms with Gasteiger partial charge in [0.05, 0.1) is 5.56 Å². The third kappa shape index (κ3) is 4.00. The van der Waals surface area contributed by atoms with Crippen LogP contribution >= 0.6 is 0 Å². The number of amides is 1. The Morgan fingerprint density at radius 3 is 2.61 bits per heavy atom. The van der Waals surface area contributed by atoms with E-state index in [9.17, 15) is 9.59 Å². The topological polar surface area (TPSA) is 119 Å². The van der Waals surface area contributed by atoms with Crippen LogP contribution in [-0.2, 0) is 0 Å². The highest BCUT2D eigenvalue weighted by molar-refractivity contribution is 6.00. The van der Waals surface area contributed by atoms with E-state index in [4.69, 9.17) is 5.11 Å². The first-order valence-corrected chi connectivity index (χ1v) is 7.08. The zero-order valence-electron chi connectivity index (χ0n) is 12.9. The number of rotatable bonds is 5. The van der Waals surface area contributed by atoms with Crippen molar-refractivity contribution in [3.05, 3.63) is 35.5 Å². The molecule has 1 heterocycles. The van der Waals surface area contributed by atoms with E-state index >= 15 is 0 Å². The molecule has 0 atom stereocenters. The standard InChI is InChI=1S/C15H19N5O3/c1-16-15(17-2)19-6-5-18-13(21)12-8-10-7-9(14(22)23)3-4-11(10)20-12/h3-4,7-8,20H,5-6H2,1-2H3,(H,18,21)(H,22,23)(H2,16,17,19). The lowest BCUT2D eigenvalue weighted by Crippen LogP contribution is -2.40. The van der Waals surface area contributed by atoms with Crippen molar-refractivity contribution < 1.29 is 14.7 Å². The number of nitrogens with one attached hydrogen (secondary N) is 4. The molecule has 8 nitrogen and oxygen atoms in total. The van der Waals surface area contributed by atoms with Crippen LogP contribution < -0.4 is 16.0 Å². The summed E-state index contributed by atoms with van der Waals surface area (Å²) in [5.74, 6) is -0.603. The van der Waals surface area contributed by atoms with E-state index < -0.39 is 5.97 Å². The minimum Gasteiger partial charge on any atom is -0.478 e. The maximum absolute atomic E-state index is 12.1. The van der Waals surface area contributed by atoms with Crippen LogP contribution in [0.3, 0.4) is 0 Å². The summed E-state index contributed by atoms with van der Waals surface area (Å²) in [5.41, 5.74) is 1.29. The fourth-order valence-electron chi connectivity index (χ4n) is 2.12. The molecule has 2 rings (SSSR count). The molecule has 0 aliphatic rings. The summed E-state index contributed by atoms with van der Waals surface area (Å²) >= 11 is 0.